The molecule has 0 heterocycles. The van der Waals surface area contributed by atoms with Crippen LogP contribution < -0.4 is 5.73 Å². The van der Waals surface area contributed by atoms with Gasteiger partial charge in [0.25, 0.3) is 0 Å². The monoisotopic (exact) mass is 596 g/mol. The van der Waals surface area contributed by atoms with Crippen LogP contribution in [0.4, 0.5) is 0 Å². The van der Waals surface area contributed by atoms with Gasteiger partial charge in [0.2, 0.25) is 0 Å². The van der Waals surface area contributed by atoms with Crippen LogP contribution >= 0.6 is 0 Å². The SMILES string of the molecule is CCCCCCCCCCCCCCCCCCC(CN)C(O)(O)CCCCCCCCCCCCCCCCCC. The molecule has 0 rings (SSSR count). The third-order valence-electron chi connectivity index (χ3n) is 9.74. The molecule has 0 aliphatic carbocycles. The summed E-state index contributed by atoms with van der Waals surface area (Å²) < 4.78 is 0. The summed E-state index contributed by atoms with van der Waals surface area (Å²) in [6.45, 7) is 4.96. The van der Waals surface area contributed by atoms with Crippen molar-refractivity contribution >= 4 is 0 Å². The number of unbranched alkanes of at least 4 members (excludes halogenated alkanes) is 30. The van der Waals surface area contributed by atoms with E-state index in [1.807, 2.05) is 0 Å². The summed E-state index contributed by atoms with van der Waals surface area (Å²) >= 11 is 0. The molecule has 0 spiro atoms. The first kappa shape index (κ1) is 41.9. The van der Waals surface area contributed by atoms with Crippen LogP contribution in [0.1, 0.15) is 232 Å². The Morgan fingerprint density at radius 3 is 0.881 bits per heavy atom. The van der Waals surface area contributed by atoms with E-state index in [2.05, 4.69) is 13.8 Å². The van der Waals surface area contributed by atoms with E-state index in [0.29, 0.717) is 13.0 Å². The van der Waals surface area contributed by atoms with Gasteiger partial charge < -0.3 is 15.9 Å². The summed E-state index contributed by atoms with van der Waals surface area (Å²) in [5.74, 6) is -1.76. The van der Waals surface area contributed by atoms with Crippen molar-refractivity contribution in [2.75, 3.05) is 6.54 Å². The van der Waals surface area contributed by atoms with Gasteiger partial charge in [0.1, 0.15) is 0 Å². The van der Waals surface area contributed by atoms with Crippen molar-refractivity contribution in [1.29, 1.82) is 0 Å². The average molecular weight is 596 g/mol. The van der Waals surface area contributed by atoms with Crippen molar-refractivity contribution in [2.45, 2.75) is 238 Å². The molecule has 0 aliphatic heterocycles. The molecule has 0 aliphatic rings. The standard InChI is InChI=1S/C39H81NO2/c1-3-5-7-9-11-13-15-17-19-21-23-25-27-29-31-33-35-38(37-40)39(41,42)36-34-32-30-28-26-24-22-20-18-16-14-12-10-8-6-4-2/h38,41-42H,3-37,40H2,1-2H3. The molecule has 42 heavy (non-hydrogen) atoms. The van der Waals surface area contributed by atoms with Crippen LogP contribution in [0.15, 0.2) is 0 Å². The van der Waals surface area contributed by atoms with Gasteiger partial charge >= 0.3 is 0 Å². The third kappa shape index (κ3) is 29.9. The van der Waals surface area contributed by atoms with Crippen molar-refractivity contribution in [1.82, 2.24) is 0 Å². The van der Waals surface area contributed by atoms with Gasteiger partial charge in [-0.05, 0) is 12.8 Å². The zero-order chi connectivity index (χ0) is 30.8. The van der Waals surface area contributed by atoms with E-state index < -0.39 is 5.79 Å². The van der Waals surface area contributed by atoms with E-state index in [9.17, 15) is 10.2 Å². The maximum atomic E-state index is 10.7. The quantitative estimate of drug-likeness (QED) is 0.0498. The van der Waals surface area contributed by atoms with E-state index in [4.69, 9.17) is 5.73 Å². The second-order valence-corrected chi connectivity index (χ2v) is 14.0. The lowest BCUT2D eigenvalue weighted by atomic mass is 9.88. The molecule has 0 amide bonds. The summed E-state index contributed by atoms with van der Waals surface area (Å²) in [6.07, 6.45) is 44.5. The van der Waals surface area contributed by atoms with Gasteiger partial charge in [-0.1, -0.05) is 213 Å². The maximum absolute atomic E-state index is 10.7. The van der Waals surface area contributed by atoms with Gasteiger partial charge in [-0.15, -0.1) is 0 Å². The molecular weight excluding hydrogens is 514 g/mol. The smallest absolute Gasteiger partial charge is 0.166 e. The summed E-state index contributed by atoms with van der Waals surface area (Å²) in [4.78, 5) is 0. The molecule has 1 unspecified atom stereocenters. The Labute approximate surface area is 266 Å². The van der Waals surface area contributed by atoms with Gasteiger partial charge in [-0.3, -0.25) is 0 Å². The molecule has 0 aromatic rings. The minimum atomic E-state index is -1.58. The van der Waals surface area contributed by atoms with Crippen molar-refractivity contribution in [3.8, 4) is 0 Å². The van der Waals surface area contributed by atoms with Crippen LogP contribution in [0.5, 0.6) is 0 Å². The second-order valence-electron chi connectivity index (χ2n) is 14.0. The van der Waals surface area contributed by atoms with Crippen LogP contribution in [0.3, 0.4) is 0 Å². The van der Waals surface area contributed by atoms with Gasteiger partial charge in [0, 0.05) is 18.9 Å². The minimum absolute atomic E-state index is 0.180. The number of aliphatic hydroxyl groups is 2. The summed E-state index contributed by atoms with van der Waals surface area (Å²) in [7, 11) is 0. The van der Waals surface area contributed by atoms with Crippen molar-refractivity contribution in [3.05, 3.63) is 0 Å². The largest absolute Gasteiger partial charge is 0.365 e. The minimum Gasteiger partial charge on any atom is -0.365 e. The van der Waals surface area contributed by atoms with Crippen LogP contribution in [0.2, 0.25) is 0 Å². The topological polar surface area (TPSA) is 66.5 Å². The Bertz CT molecular complexity index is 495. The van der Waals surface area contributed by atoms with E-state index in [0.717, 1.165) is 25.7 Å². The highest BCUT2D eigenvalue weighted by atomic mass is 16.5. The molecule has 0 saturated heterocycles. The molecule has 0 saturated carbocycles. The average Bonchev–Trinajstić information content (AvgIpc) is 2.98. The second kappa shape index (κ2) is 33.8. The Kier molecular flexibility index (Phi) is 33.7. The van der Waals surface area contributed by atoms with Crippen LogP contribution in [-0.2, 0) is 0 Å². The molecule has 3 heteroatoms. The Morgan fingerprint density at radius 1 is 0.381 bits per heavy atom. The molecule has 4 N–H and O–H groups in total. The normalized spacial score (nSPS) is 12.8. The van der Waals surface area contributed by atoms with Crippen LogP contribution in [0.25, 0.3) is 0 Å². The van der Waals surface area contributed by atoms with Gasteiger partial charge in [-0.25, -0.2) is 0 Å². The number of nitrogens with two attached hydrogens (primary N) is 1. The number of hydrogen-bond acceptors (Lipinski definition) is 3. The van der Waals surface area contributed by atoms with Gasteiger partial charge in [0.15, 0.2) is 5.79 Å². The van der Waals surface area contributed by atoms with Crippen molar-refractivity contribution in [2.24, 2.45) is 11.7 Å². The predicted molar refractivity (Wildman–Crippen MR) is 188 cm³/mol. The summed E-state index contributed by atoms with van der Waals surface area (Å²) in [5.41, 5.74) is 5.97. The molecule has 0 radical (unpaired) electrons. The van der Waals surface area contributed by atoms with Crippen LogP contribution in [-0.4, -0.2) is 22.5 Å². The zero-order valence-electron chi connectivity index (χ0n) is 29.3. The maximum Gasteiger partial charge on any atom is 0.166 e. The fraction of sp³-hybridized carbons (Fsp3) is 1.00. The fourth-order valence-corrected chi connectivity index (χ4v) is 6.61. The first-order valence-electron chi connectivity index (χ1n) is 19.7. The molecule has 0 aromatic heterocycles. The molecule has 3 nitrogen and oxygen atoms in total. The highest BCUT2D eigenvalue weighted by Gasteiger charge is 2.32. The molecular formula is C39H81NO2. The Hall–Kier alpha value is -0.120. The fourth-order valence-electron chi connectivity index (χ4n) is 6.61. The lowest BCUT2D eigenvalue weighted by Gasteiger charge is -2.30. The van der Waals surface area contributed by atoms with E-state index in [1.165, 1.54) is 186 Å². The van der Waals surface area contributed by atoms with Gasteiger partial charge in [-0.2, -0.15) is 0 Å². The van der Waals surface area contributed by atoms with Crippen molar-refractivity contribution < 1.29 is 10.2 Å². The van der Waals surface area contributed by atoms with Crippen LogP contribution in [0, 0.1) is 5.92 Å². The highest BCUT2D eigenvalue weighted by molar-refractivity contribution is 4.77. The lowest BCUT2D eigenvalue weighted by molar-refractivity contribution is -0.204. The summed E-state index contributed by atoms with van der Waals surface area (Å²) in [5, 5.41) is 21.4. The lowest BCUT2D eigenvalue weighted by Crippen LogP contribution is -2.41. The van der Waals surface area contributed by atoms with Gasteiger partial charge in [0.05, 0.1) is 0 Å². The first-order valence-corrected chi connectivity index (χ1v) is 19.7. The third-order valence-corrected chi connectivity index (χ3v) is 9.74. The number of rotatable bonds is 36. The molecule has 0 aromatic carbocycles. The molecule has 0 fully saturated rings. The summed E-state index contributed by atoms with van der Waals surface area (Å²) in [6, 6.07) is 0. The Morgan fingerprint density at radius 2 is 0.619 bits per heavy atom. The molecule has 254 valence electrons. The predicted octanol–water partition coefficient (Wildman–Crippen LogP) is 12.5. The highest BCUT2D eigenvalue weighted by Crippen LogP contribution is 2.26. The zero-order valence-corrected chi connectivity index (χ0v) is 29.3. The molecule has 0 bridgehead atoms. The van der Waals surface area contributed by atoms with Crippen molar-refractivity contribution in [3.63, 3.8) is 0 Å². The van der Waals surface area contributed by atoms with E-state index in [-0.39, 0.29) is 5.92 Å². The number of hydrogen-bond donors (Lipinski definition) is 3. The Balaban J connectivity index is 3.51. The first-order chi connectivity index (χ1) is 20.6. The van der Waals surface area contributed by atoms with E-state index in [1.54, 1.807) is 0 Å². The van der Waals surface area contributed by atoms with E-state index >= 15 is 0 Å². The molecule has 1 atom stereocenters.